The summed E-state index contributed by atoms with van der Waals surface area (Å²) in [7, 11) is 1.62. The number of hydrogen-bond donors (Lipinski definition) is 1. The third-order valence-corrected chi connectivity index (χ3v) is 4.57. The van der Waals surface area contributed by atoms with E-state index < -0.39 is 0 Å². The van der Waals surface area contributed by atoms with Crippen LogP contribution >= 0.6 is 31.9 Å². The number of amides is 1. The molecular formula is C15H16Br2FN3O. The largest absolute Gasteiger partial charge is 0.336 e. The minimum atomic E-state index is -0.341. The van der Waals surface area contributed by atoms with E-state index in [0.29, 0.717) is 15.7 Å². The lowest BCUT2D eigenvalue weighted by atomic mass is 10.1. The first-order valence-electron chi connectivity index (χ1n) is 6.74. The average Bonchev–Trinajstić information content (AvgIpc) is 2.83. The molecule has 0 saturated carbocycles. The first-order chi connectivity index (χ1) is 10.3. The lowest BCUT2D eigenvalue weighted by molar-refractivity contribution is 0.0777. The van der Waals surface area contributed by atoms with Gasteiger partial charge in [-0.25, -0.2) is 4.39 Å². The van der Waals surface area contributed by atoms with Crippen LogP contribution in [-0.4, -0.2) is 28.1 Å². The molecule has 1 heterocycles. The van der Waals surface area contributed by atoms with Crippen LogP contribution in [0.2, 0.25) is 0 Å². The Hall–Kier alpha value is -1.21. The van der Waals surface area contributed by atoms with Gasteiger partial charge in [0.15, 0.2) is 5.69 Å². The molecule has 7 heteroatoms. The molecule has 118 valence electrons. The van der Waals surface area contributed by atoms with E-state index in [9.17, 15) is 9.18 Å². The van der Waals surface area contributed by atoms with Gasteiger partial charge >= 0.3 is 0 Å². The summed E-state index contributed by atoms with van der Waals surface area (Å²) in [6, 6.07) is 4.66. The Balaban J connectivity index is 2.21. The summed E-state index contributed by atoms with van der Waals surface area (Å²) < 4.78 is 15.2. The number of halogens is 3. The van der Waals surface area contributed by atoms with Crippen LogP contribution in [0.4, 0.5) is 4.39 Å². The lowest BCUT2D eigenvalue weighted by Gasteiger charge is -2.17. The summed E-state index contributed by atoms with van der Waals surface area (Å²) in [5, 5.41) is 6.94. The van der Waals surface area contributed by atoms with E-state index in [2.05, 4.69) is 42.1 Å². The van der Waals surface area contributed by atoms with E-state index in [1.807, 2.05) is 13.8 Å². The van der Waals surface area contributed by atoms with Crippen LogP contribution in [0.25, 0.3) is 0 Å². The fraction of sp³-hybridized carbons (Fsp3) is 0.333. The van der Waals surface area contributed by atoms with Gasteiger partial charge in [-0.05, 0) is 40.0 Å². The molecule has 0 fully saturated rings. The third kappa shape index (κ3) is 3.57. The maximum absolute atomic E-state index is 13.8. The Morgan fingerprint density at radius 2 is 2.09 bits per heavy atom. The summed E-state index contributed by atoms with van der Waals surface area (Å²) >= 11 is 6.71. The lowest BCUT2D eigenvalue weighted by Crippen LogP contribution is -2.27. The number of hydrogen-bond acceptors (Lipinski definition) is 2. The summed E-state index contributed by atoms with van der Waals surface area (Å²) in [6.07, 6.45) is 0. The smallest absolute Gasteiger partial charge is 0.275 e. The number of H-pyrrole nitrogens is 1. The van der Waals surface area contributed by atoms with Crippen molar-refractivity contribution < 1.29 is 9.18 Å². The molecule has 0 saturated heterocycles. The van der Waals surface area contributed by atoms with Crippen molar-refractivity contribution in [2.24, 2.45) is 0 Å². The number of benzene rings is 1. The van der Waals surface area contributed by atoms with Gasteiger partial charge < -0.3 is 4.90 Å². The maximum atomic E-state index is 13.8. The molecule has 22 heavy (non-hydrogen) atoms. The van der Waals surface area contributed by atoms with Gasteiger partial charge in [-0.1, -0.05) is 29.8 Å². The highest BCUT2D eigenvalue weighted by atomic mass is 79.9. The van der Waals surface area contributed by atoms with Crippen LogP contribution in [0.5, 0.6) is 0 Å². The zero-order valence-corrected chi connectivity index (χ0v) is 15.6. The van der Waals surface area contributed by atoms with Crippen molar-refractivity contribution in [3.8, 4) is 0 Å². The van der Waals surface area contributed by atoms with Crippen LogP contribution < -0.4 is 0 Å². The summed E-state index contributed by atoms with van der Waals surface area (Å²) in [5.41, 5.74) is 1.62. The summed E-state index contributed by atoms with van der Waals surface area (Å²) in [5.74, 6) is -0.391. The van der Waals surface area contributed by atoms with E-state index in [1.54, 1.807) is 19.2 Å². The minimum Gasteiger partial charge on any atom is -0.336 e. The quantitative estimate of drug-likeness (QED) is 0.774. The maximum Gasteiger partial charge on any atom is 0.275 e. The van der Waals surface area contributed by atoms with Gasteiger partial charge in [-0.3, -0.25) is 9.89 Å². The molecule has 0 bridgehead atoms. The molecule has 0 radical (unpaired) electrons. The molecular weight excluding hydrogens is 417 g/mol. The van der Waals surface area contributed by atoms with Gasteiger partial charge in [0.1, 0.15) is 5.82 Å². The number of carbonyl (C=O) groups excluding carboxylic acids is 1. The molecule has 0 aliphatic heterocycles. The fourth-order valence-corrected chi connectivity index (χ4v) is 3.25. The van der Waals surface area contributed by atoms with Crippen LogP contribution in [0.1, 0.15) is 41.5 Å². The van der Waals surface area contributed by atoms with Crippen molar-refractivity contribution >= 4 is 37.8 Å². The van der Waals surface area contributed by atoms with Gasteiger partial charge in [0, 0.05) is 23.6 Å². The van der Waals surface area contributed by atoms with E-state index in [4.69, 9.17) is 0 Å². The van der Waals surface area contributed by atoms with Gasteiger partial charge in [0.25, 0.3) is 5.91 Å². The molecule has 0 aliphatic carbocycles. The average molecular weight is 433 g/mol. The monoisotopic (exact) mass is 431 g/mol. The molecule has 1 N–H and O–H groups in total. The van der Waals surface area contributed by atoms with Crippen molar-refractivity contribution in [3.63, 3.8) is 0 Å². The Bertz CT molecular complexity index is 700. The predicted octanol–water partition coefficient (Wildman–Crippen LogP) is 4.47. The molecule has 4 nitrogen and oxygen atoms in total. The SMILES string of the molecule is CC(C)c1[nH]nc(C(=O)N(C)Cc2cc(Br)ccc2F)c1Br. The summed E-state index contributed by atoms with van der Waals surface area (Å²) in [4.78, 5) is 13.9. The van der Waals surface area contributed by atoms with E-state index in [0.717, 1.165) is 10.2 Å². The van der Waals surface area contributed by atoms with Crippen molar-refractivity contribution in [1.29, 1.82) is 0 Å². The first-order valence-corrected chi connectivity index (χ1v) is 8.33. The van der Waals surface area contributed by atoms with Gasteiger partial charge in [0.2, 0.25) is 0 Å². The van der Waals surface area contributed by atoms with Gasteiger partial charge in [-0.15, -0.1) is 0 Å². The highest BCUT2D eigenvalue weighted by Gasteiger charge is 2.22. The van der Waals surface area contributed by atoms with Crippen molar-refractivity contribution in [3.05, 3.63) is 49.9 Å². The Labute approximate surface area is 145 Å². The number of rotatable bonds is 4. The van der Waals surface area contributed by atoms with E-state index in [-0.39, 0.29) is 24.2 Å². The third-order valence-electron chi connectivity index (χ3n) is 3.27. The first kappa shape index (κ1) is 17.1. The fourth-order valence-electron chi connectivity index (χ4n) is 2.04. The second-order valence-corrected chi connectivity index (χ2v) is 7.06. The van der Waals surface area contributed by atoms with E-state index in [1.165, 1.54) is 11.0 Å². The minimum absolute atomic E-state index is 0.167. The molecule has 0 aliphatic rings. The van der Waals surface area contributed by atoms with Crippen LogP contribution in [0, 0.1) is 5.82 Å². The molecule has 2 rings (SSSR count). The second kappa shape index (κ2) is 6.91. The van der Waals surface area contributed by atoms with Gasteiger partial charge in [0.05, 0.1) is 10.2 Å². The topological polar surface area (TPSA) is 49.0 Å². The van der Waals surface area contributed by atoms with Crippen molar-refractivity contribution in [2.45, 2.75) is 26.3 Å². The number of aromatic amines is 1. The zero-order chi connectivity index (χ0) is 16.4. The zero-order valence-electron chi connectivity index (χ0n) is 12.5. The Kier molecular flexibility index (Phi) is 5.39. The Morgan fingerprint density at radius 3 is 2.68 bits per heavy atom. The molecule has 0 spiro atoms. The second-order valence-electron chi connectivity index (χ2n) is 5.35. The molecule has 0 unspecified atom stereocenters. The van der Waals surface area contributed by atoms with E-state index >= 15 is 0 Å². The standard InChI is InChI=1S/C15H16Br2FN3O/c1-8(2)13-12(17)14(20-19-13)15(22)21(3)7-9-6-10(16)4-5-11(9)18/h4-6,8H,7H2,1-3H3,(H,19,20). The Morgan fingerprint density at radius 1 is 1.41 bits per heavy atom. The van der Waals surface area contributed by atoms with Gasteiger partial charge in [-0.2, -0.15) is 5.10 Å². The number of carbonyl (C=O) groups is 1. The molecule has 2 aromatic rings. The molecule has 1 aromatic carbocycles. The number of aromatic nitrogens is 2. The normalized spacial score (nSPS) is 11.0. The van der Waals surface area contributed by atoms with Crippen molar-refractivity contribution in [1.82, 2.24) is 15.1 Å². The van der Waals surface area contributed by atoms with Crippen LogP contribution in [-0.2, 0) is 6.54 Å². The number of nitrogens with one attached hydrogen (secondary N) is 1. The molecule has 1 amide bonds. The number of nitrogens with zero attached hydrogens (tertiary/aromatic N) is 2. The van der Waals surface area contributed by atoms with Crippen molar-refractivity contribution in [2.75, 3.05) is 7.05 Å². The molecule has 0 atom stereocenters. The van der Waals surface area contributed by atoms with Crippen LogP contribution in [0.3, 0.4) is 0 Å². The molecule has 1 aromatic heterocycles. The highest BCUT2D eigenvalue weighted by molar-refractivity contribution is 9.10. The van der Waals surface area contributed by atoms with Crippen LogP contribution in [0.15, 0.2) is 27.1 Å². The highest BCUT2D eigenvalue weighted by Crippen LogP contribution is 2.26. The summed E-state index contributed by atoms with van der Waals surface area (Å²) in [6.45, 7) is 4.18. The predicted molar refractivity (Wildman–Crippen MR) is 90.3 cm³/mol.